The Morgan fingerprint density at radius 2 is 2.33 bits per heavy atom. The first kappa shape index (κ1) is 12.8. The van der Waals surface area contributed by atoms with E-state index in [1.165, 1.54) is 6.33 Å². The number of anilines is 1. The number of rotatable bonds is 5. The highest BCUT2D eigenvalue weighted by Crippen LogP contribution is 2.23. The van der Waals surface area contributed by atoms with E-state index in [0.29, 0.717) is 12.4 Å². The lowest BCUT2D eigenvalue weighted by Gasteiger charge is -2.14. The maximum absolute atomic E-state index is 11.8. The van der Waals surface area contributed by atoms with E-state index in [1.54, 1.807) is 11.3 Å². The second-order valence-electron chi connectivity index (χ2n) is 4.02. The molecule has 5 nitrogen and oxygen atoms in total. The van der Waals surface area contributed by atoms with Crippen molar-refractivity contribution in [3.63, 3.8) is 0 Å². The van der Waals surface area contributed by atoms with Crippen LogP contribution in [0.15, 0.2) is 17.8 Å². The van der Waals surface area contributed by atoms with E-state index < -0.39 is 0 Å². The lowest BCUT2D eigenvalue weighted by Crippen LogP contribution is -2.38. The van der Waals surface area contributed by atoms with E-state index in [2.05, 4.69) is 20.6 Å². The predicted molar refractivity (Wildman–Crippen MR) is 73.8 cm³/mol. The number of carbonyl (C=O) groups is 1. The molecule has 0 fully saturated rings. The number of nitrogens with zero attached hydrogens (tertiary/aromatic N) is 2. The molecular weight excluding hydrogens is 248 g/mol. The van der Waals surface area contributed by atoms with Gasteiger partial charge in [0.2, 0.25) is 5.91 Å². The fourth-order valence-electron chi connectivity index (χ4n) is 1.58. The van der Waals surface area contributed by atoms with Crippen molar-refractivity contribution in [2.24, 2.45) is 0 Å². The fraction of sp³-hybridized carbons (Fsp3) is 0.417. The number of nitrogens with one attached hydrogen (secondary N) is 2. The standard InChI is InChI=1S/C12H16N4OS/c1-3-5-13-11(17)8(2)16-10-9-4-6-18-12(9)15-7-14-10/h4,6-8H,3,5H2,1-2H3,(H,13,17)(H,14,15,16)/t8-/m0/s1. The number of carbonyl (C=O) groups excluding carboxylic acids is 1. The van der Waals surface area contributed by atoms with Gasteiger partial charge in [0.15, 0.2) is 0 Å². The Morgan fingerprint density at radius 3 is 3.11 bits per heavy atom. The minimum Gasteiger partial charge on any atom is -0.358 e. The Bertz CT molecular complexity index is 540. The third-order valence-electron chi connectivity index (χ3n) is 2.56. The normalized spacial score (nSPS) is 12.3. The average molecular weight is 264 g/mol. The van der Waals surface area contributed by atoms with Gasteiger partial charge < -0.3 is 10.6 Å². The monoisotopic (exact) mass is 264 g/mol. The van der Waals surface area contributed by atoms with Crippen LogP contribution in [0.2, 0.25) is 0 Å². The Labute approximate surface area is 110 Å². The minimum absolute atomic E-state index is 0.0150. The molecule has 0 aliphatic heterocycles. The number of thiophene rings is 1. The lowest BCUT2D eigenvalue weighted by atomic mass is 10.3. The van der Waals surface area contributed by atoms with Gasteiger partial charge in [-0.1, -0.05) is 6.92 Å². The molecule has 2 rings (SSSR count). The summed E-state index contributed by atoms with van der Waals surface area (Å²) in [6, 6.07) is 1.65. The largest absolute Gasteiger partial charge is 0.358 e. The summed E-state index contributed by atoms with van der Waals surface area (Å²) in [5.74, 6) is 0.694. The van der Waals surface area contributed by atoms with Crippen molar-refractivity contribution >= 4 is 33.3 Å². The van der Waals surface area contributed by atoms with E-state index in [4.69, 9.17) is 0 Å². The molecule has 2 N–H and O–H groups in total. The van der Waals surface area contributed by atoms with Gasteiger partial charge >= 0.3 is 0 Å². The van der Waals surface area contributed by atoms with E-state index in [9.17, 15) is 4.79 Å². The van der Waals surface area contributed by atoms with Crippen LogP contribution in [-0.2, 0) is 4.79 Å². The van der Waals surface area contributed by atoms with Gasteiger partial charge in [0, 0.05) is 6.54 Å². The zero-order chi connectivity index (χ0) is 13.0. The Kier molecular flexibility index (Phi) is 4.09. The summed E-state index contributed by atoms with van der Waals surface area (Å²) >= 11 is 1.56. The topological polar surface area (TPSA) is 66.9 Å². The van der Waals surface area contributed by atoms with Crippen molar-refractivity contribution in [1.29, 1.82) is 0 Å². The second kappa shape index (κ2) is 5.77. The predicted octanol–water partition coefficient (Wildman–Crippen LogP) is 2.02. The van der Waals surface area contributed by atoms with Crippen molar-refractivity contribution in [1.82, 2.24) is 15.3 Å². The number of fused-ring (bicyclic) bond motifs is 1. The van der Waals surface area contributed by atoms with Gasteiger partial charge in [-0.25, -0.2) is 9.97 Å². The Hall–Kier alpha value is -1.69. The van der Waals surface area contributed by atoms with E-state index >= 15 is 0 Å². The van der Waals surface area contributed by atoms with Crippen molar-refractivity contribution in [2.45, 2.75) is 26.3 Å². The summed E-state index contributed by atoms with van der Waals surface area (Å²) in [5.41, 5.74) is 0. The zero-order valence-electron chi connectivity index (χ0n) is 10.4. The molecule has 1 atom stereocenters. The maximum Gasteiger partial charge on any atom is 0.242 e. The molecule has 2 aromatic rings. The first-order valence-corrected chi connectivity index (χ1v) is 6.82. The molecule has 2 heterocycles. The highest BCUT2D eigenvalue weighted by Gasteiger charge is 2.14. The zero-order valence-corrected chi connectivity index (χ0v) is 11.3. The SMILES string of the molecule is CCCNC(=O)[C@H](C)Nc1ncnc2sccc12. The first-order chi connectivity index (χ1) is 8.72. The average Bonchev–Trinajstić information content (AvgIpc) is 2.85. The summed E-state index contributed by atoms with van der Waals surface area (Å²) in [6.07, 6.45) is 2.44. The molecular formula is C12H16N4OS. The van der Waals surface area contributed by atoms with Crippen LogP contribution in [0.3, 0.4) is 0 Å². The van der Waals surface area contributed by atoms with Gasteiger partial charge in [0.05, 0.1) is 5.39 Å². The molecule has 0 bridgehead atoms. The molecule has 2 aromatic heterocycles. The Morgan fingerprint density at radius 1 is 1.50 bits per heavy atom. The summed E-state index contributed by atoms with van der Waals surface area (Å²) in [5, 5.41) is 8.90. The third kappa shape index (κ3) is 2.76. The molecule has 96 valence electrons. The van der Waals surface area contributed by atoms with Gasteiger partial charge in [0.1, 0.15) is 23.0 Å². The highest BCUT2D eigenvalue weighted by molar-refractivity contribution is 7.16. The van der Waals surface area contributed by atoms with Gasteiger partial charge in [-0.2, -0.15) is 0 Å². The van der Waals surface area contributed by atoms with Crippen molar-refractivity contribution < 1.29 is 4.79 Å². The van der Waals surface area contributed by atoms with Crippen LogP contribution in [0.5, 0.6) is 0 Å². The van der Waals surface area contributed by atoms with Gasteiger partial charge in [-0.05, 0) is 24.8 Å². The van der Waals surface area contributed by atoms with E-state index in [0.717, 1.165) is 16.6 Å². The molecule has 18 heavy (non-hydrogen) atoms. The van der Waals surface area contributed by atoms with Crippen molar-refractivity contribution in [2.75, 3.05) is 11.9 Å². The summed E-state index contributed by atoms with van der Waals surface area (Å²) in [7, 11) is 0. The molecule has 0 radical (unpaired) electrons. The quantitative estimate of drug-likeness (QED) is 0.867. The Balaban J connectivity index is 2.09. The molecule has 0 unspecified atom stereocenters. The van der Waals surface area contributed by atoms with Crippen LogP contribution >= 0.6 is 11.3 Å². The van der Waals surface area contributed by atoms with Crippen LogP contribution in [0, 0.1) is 0 Å². The van der Waals surface area contributed by atoms with Crippen LogP contribution in [0.4, 0.5) is 5.82 Å². The number of hydrogen-bond acceptors (Lipinski definition) is 5. The molecule has 1 amide bonds. The van der Waals surface area contributed by atoms with Gasteiger partial charge in [-0.15, -0.1) is 11.3 Å². The smallest absolute Gasteiger partial charge is 0.242 e. The first-order valence-electron chi connectivity index (χ1n) is 5.94. The summed E-state index contributed by atoms with van der Waals surface area (Å²) in [4.78, 5) is 21.0. The maximum atomic E-state index is 11.8. The highest BCUT2D eigenvalue weighted by atomic mass is 32.1. The van der Waals surface area contributed by atoms with Crippen molar-refractivity contribution in [3.05, 3.63) is 17.8 Å². The van der Waals surface area contributed by atoms with Crippen LogP contribution in [-0.4, -0.2) is 28.5 Å². The summed E-state index contributed by atoms with van der Waals surface area (Å²) < 4.78 is 0. The van der Waals surface area contributed by atoms with Crippen molar-refractivity contribution in [3.8, 4) is 0 Å². The summed E-state index contributed by atoms with van der Waals surface area (Å²) in [6.45, 7) is 4.55. The number of aromatic nitrogens is 2. The fourth-order valence-corrected chi connectivity index (χ4v) is 2.31. The molecule has 0 saturated heterocycles. The third-order valence-corrected chi connectivity index (χ3v) is 3.38. The van der Waals surface area contributed by atoms with E-state index in [-0.39, 0.29) is 11.9 Å². The number of amides is 1. The minimum atomic E-state index is -0.311. The molecule has 0 aromatic carbocycles. The molecule has 0 aliphatic carbocycles. The molecule has 0 spiro atoms. The molecule has 0 aliphatic rings. The van der Waals surface area contributed by atoms with Gasteiger partial charge in [0.25, 0.3) is 0 Å². The van der Waals surface area contributed by atoms with Crippen LogP contribution in [0.25, 0.3) is 10.2 Å². The van der Waals surface area contributed by atoms with E-state index in [1.807, 2.05) is 25.3 Å². The van der Waals surface area contributed by atoms with Crippen LogP contribution < -0.4 is 10.6 Å². The van der Waals surface area contributed by atoms with Gasteiger partial charge in [-0.3, -0.25) is 4.79 Å². The molecule has 0 saturated carbocycles. The lowest BCUT2D eigenvalue weighted by molar-refractivity contribution is -0.121. The number of hydrogen-bond donors (Lipinski definition) is 2. The molecule has 6 heteroatoms. The second-order valence-corrected chi connectivity index (χ2v) is 4.91. The van der Waals surface area contributed by atoms with Crippen LogP contribution in [0.1, 0.15) is 20.3 Å².